The molecule has 0 spiro atoms. The summed E-state index contributed by atoms with van der Waals surface area (Å²) in [7, 11) is -1.19. The van der Waals surface area contributed by atoms with E-state index in [9.17, 15) is 0 Å². The molecule has 1 saturated heterocycles. The van der Waals surface area contributed by atoms with Gasteiger partial charge in [0.15, 0.2) is 0 Å². The topological polar surface area (TPSA) is 12.0 Å². The third-order valence-corrected chi connectivity index (χ3v) is 6.07. The lowest BCUT2D eigenvalue weighted by Crippen LogP contribution is -2.55. The number of hydrogen-bond acceptors (Lipinski definition) is 1. The van der Waals surface area contributed by atoms with Gasteiger partial charge in [-0.15, -0.1) is 0 Å². The van der Waals surface area contributed by atoms with Gasteiger partial charge < -0.3 is 5.32 Å². The summed E-state index contributed by atoms with van der Waals surface area (Å²) < 4.78 is 0. The lowest BCUT2D eigenvalue weighted by atomic mass is 9.97. The Balaban J connectivity index is 2.23. The summed E-state index contributed by atoms with van der Waals surface area (Å²) in [6.45, 7) is 7.17. The van der Waals surface area contributed by atoms with E-state index in [0.29, 0.717) is 11.6 Å². The zero-order valence-corrected chi connectivity index (χ0v) is 11.3. The van der Waals surface area contributed by atoms with Crippen LogP contribution in [0.4, 0.5) is 0 Å². The van der Waals surface area contributed by atoms with Crippen LogP contribution in [0.25, 0.3) is 0 Å². The predicted molar refractivity (Wildman–Crippen MR) is 72.0 cm³/mol. The second kappa shape index (κ2) is 3.72. The average Bonchev–Trinajstić information content (AvgIpc) is 2.12. The van der Waals surface area contributed by atoms with Gasteiger partial charge in [0, 0.05) is 5.54 Å². The molecule has 0 saturated carbocycles. The summed E-state index contributed by atoms with van der Waals surface area (Å²) in [6, 6.07) is 11.1. The molecule has 1 N–H and O–H groups in total. The van der Waals surface area contributed by atoms with Crippen LogP contribution in [0.3, 0.4) is 0 Å². The van der Waals surface area contributed by atoms with Gasteiger partial charge in [0.2, 0.25) is 0 Å². The zero-order chi connectivity index (χ0) is 11.1. The molecule has 1 heterocycles. The van der Waals surface area contributed by atoms with E-state index < -0.39 is 8.07 Å². The molecule has 1 aliphatic heterocycles. The van der Waals surface area contributed by atoms with Crippen LogP contribution in [0.5, 0.6) is 0 Å². The molecule has 0 bridgehead atoms. The zero-order valence-electron chi connectivity index (χ0n) is 9.45. The summed E-state index contributed by atoms with van der Waals surface area (Å²) in [6.07, 6.45) is 0. The van der Waals surface area contributed by atoms with Crippen LogP contribution in [-0.2, 0) is 0 Å². The smallest absolute Gasteiger partial charge is 0.0786 e. The van der Waals surface area contributed by atoms with Crippen molar-refractivity contribution in [1.82, 2.24) is 5.32 Å². The van der Waals surface area contributed by atoms with Crippen molar-refractivity contribution in [2.24, 2.45) is 0 Å². The predicted octanol–water partition coefficient (Wildman–Crippen LogP) is 3.37. The molecule has 2 unspecified atom stereocenters. The highest BCUT2D eigenvalue weighted by Crippen LogP contribution is 2.42. The van der Waals surface area contributed by atoms with Gasteiger partial charge in [-0.05, 0) is 5.56 Å². The van der Waals surface area contributed by atoms with E-state index in [2.05, 4.69) is 55.3 Å². The second-order valence-corrected chi connectivity index (χ2v) is 11.0. The van der Waals surface area contributed by atoms with E-state index in [0.717, 1.165) is 4.99 Å². The highest BCUT2D eigenvalue weighted by atomic mass is 32.1. The lowest BCUT2D eigenvalue weighted by molar-refractivity contribution is 0.576. The number of benzene rings is 1. The Morgan fingerprint density at radius 3 is 2.20 bits per heavy atom. The molecule has 15 heavy (non-hydrogen) atoms. The maximum Gasteiger partial charge on any atom is 0.0786 e. The normalized spacial score (nSPS) is 25.7. The summed E-state index contributed by atoms with van der Waals surface area (Å²) in [5, 5.41) is 3.38. The first-order valence-corrected chi connectivity index (χ1v) is 9.34. The first-order valence-electron chi connectivity index (χ1n) is 5.35. The van der Waals surface area contributed by atoms with Gasteiger partial charge in [-0.2, -0.15) is 0 Å². The summed E-state index contributed by atoms with van der Waals surface area (Å²) in [5.74, 6) is 0. The van der Waals surface area contributed by atoms with Gasteiger partial charge >= 0.3 is 0 Å². The van der Waals surface area contributed by atoms with E-state index in [4.69, 9.17) is 12.2 Å². The van der Waals surface area contributed by atoms with Crippen LogP contribution in [0.1, 0.15) is 11.6 Å². The van der Waals surface area contributed by atoms with Crippen LogP contribution < -0.4 is 5.32 Å². The Bertz CT molecular complexity index is 369. The molecule has 1 aromatic rings. The summed E-state index contributed by atoms with van der Waals surface area (Å²) >= 11 is 5.35. The van der Waals surface area contributed by atoms with E-state index >= 15 is 0 Å². The molecular formula is C12H17NSSi. The summed E-state index contributed by atoms with van der Waals surface area (Å²) in [4.78, 5) is 1.07. The molecular weight excluding hydrogens is 218 g/mol. The molecule has 3 heteroatoms. The Labute approximate surface area is 97.9 Å². The van der Waals surface area contributed by atoms with Crippen molar-refractivity contribution in [3.63, 3.8) is 0 Å². The van der Waals surface area contributed by atoms with E-state index in [1.807, 2.05) is 0 Å². The van der Waals surface area contributed by atoms with E-state index in [1.165, 1.54) is 5.56 Å². The Morgan fingerprint density at radius 2 is 1.73 bits per heavy atom. The monoisotopic (exact) mass is 235 g/mol. The van der Waals surface area contributed by atoms with Crippen LogP contribution in [0.2, 0.25) is 25.2 Å². The number of hydrogen-bond donors (Lipinski definition) is 1. The first kappa shape index (κ1) is 10.8. The Morgan fingerprint density at radius 1 is 1.13 bits per heavy atom. The fraction of sp³-hybridized carbons (Fsp3) is 0.417. The highest BCUT2D eigenvalue weighted by molar-refractivity contribution is 7.80. The molecule has 0 aliphatic carbocycles. The van der Waals surface area contributed by atoms with Crippen molar-refractivity contribution in [1.29, 1.82) is 0 Å². The fourth-order valence-electron chi connectivity index (χ4n) is 2.21. The van der Waals surface area contributed by atoms with Gasteiger partial charge in [0.05, 0.1) is 19.1 Å². The highest BCUT2D eigenvalue weighted by Gasteiger charge is 2.45. The standard InChI is InChI=1S/C12H17NSSi/c1-15(2,3)11-10(13-12(11)14)9-7-5-4-6-8-9/h4-8,10-11H,1-3H3,(H,13,14). The molecule has 2 rings (SSSR count). The van der Waals surface area contributed by atoms with Crippen molar-refractivity contribution in [2.75, 3.05) is 0 Å². The SMILES string of the molecule is C[Si](C)(C)C1C(=S)NC1c1ccccc1. The van der Waals surface area contributed by atoms with Crippen molar-refractivity contribution >= 4 is 25.3 Å². The average molecular weight is 235 g/mol. The lowest BCUT2D eigenvalue weighted by Gasteiger charge is -2.46. The second-order valence-electron chi connectivity index (χ2n) is 5.24. The third kappa shape index (κ3) is 1.99. The molecule has 0 aromatic heterocycles. The van der Waals surface area contributed by atoms with Gasteiger partial charge in [-0.25, -0.2) is 0 Å². The molecule has 1 aromatic carbocycles. The largest absolute Gasteiger partial charge is 0.372 e. The van der Waals surface area contributed by atoms with Crippen LogP contribution in [-0.4, -0.2) is 13.1 Å². The molecule has 1 aliphatic rings. The Kier molecular flexibility index (Phi) is 2.69. The van der Waals surface area contributed by atoms with Crippen molar-refractivity contribution in [3.8, 4) is 0 Å². The minimum Gasteiger partial charge on any atom is -0.372 e. The van der Waals surface area contributed by atoms with Gasteiger partial charge in [0.1, 0.15) is 0 Å². The van der Waals surface area contributed by atoms with Crippen molar-refractivity contribution < 1.29 is 0 Å². The molecule has 1 fully saturated rings. The number of nitrogens with one attached hydrogen (secondary N) is 1. The molecule has 1 nitrogen and oxygen atoms in total. The molecule has 0 radical (unpaired) electrons. The quantitative estimate of drug-likeness (QED) is 0.623. The van der Waals surface area contributed by atoms with Crippen LogP contribution >= 0.6 is 12.2 Å². The van der Waals surface area contributed by atoms with Crippen molar-refractivity contribution in [2.45, 2.75) is 31.2 Å². The first-order chi connectivity index (χ1) is 7.00. The minimum absolute atomic E-state index is 0.463. The Hall–Kier alpha value is -0.673. The van der Waals surface area contributed by atoms with Crippen LogP contribution in [0.15, 0.2) is 30.3 Å². The van der Waals surface area contributed by atoms with Gasteiger partial charge in [-0.3, -0.25) is 0 Å². The minimum atomic E-state index is -1.19. The maximum atomic E-state index is 5.35. The van der Waals surface area contributed by atoms with E-state index in [1.54, 1.807) is 0 Å². The third-order valence-electron chi connectivity index (χ3n) is 3.01. The number of thiocarbonyl (C=S) groups is 1. The number of rotatable bonds is 2. The van der Waals surface area contributed by atoms with Crippen molar-refractivity contribution in [3.05, 3.63) is 35.9 Å². The van der Waals surface area contributed by atoms with Gasteiger partial charge in [-0.1, -0.05) is 62.2 Å². The summed E-state index contributed by atoms with van der Waals surface area (Å²) in [5.41, 5.74) is 1.98. The maximum absolute atomic E-state index is 5.35. The van der Waals surface area contributed by atoms with E-state index in [-0.39, 0.29) is 0 Å². The molecule has 2 atom stereocenters. The van der Waals surface area contributed by atoms with Gasteiger partial charge in [0.25, 0.3) is 0 Å². The molecule has 0 amide bonds. The molecule has 80 valence electrons. The fourth-order valence-corrected chi connectivity index (χ4v) is 5.68. The van der Waals surface area contributed by atoms with Crippen LogP contribution in [0, 0.1) is 0 Å².